The highest BCUT2D eigenvalue weighted by Crippen LogP contribution is 2.27. The van der Waals surface area contributed by atoms with Crippen LogP contribution in [-0.2, 0) is 11.3 Å². The summed E-state index contributed by atoms with van der Waals surface area (Å²) in [5, 5.41) is 6.83. The van der Waals surface area contributed by atoms with Crippen molar-refractivity contribution in [2.45, 2.75) is 19.4 Å². The fourth-order valence-electron chi connectivity index (χ4n) is 1.74. The van der Waals surface area contributed by atoms with Crippen LogP contribution in [0.5, 0.6) is 5.75 Å². The van der Waals surface area contributed by atoms with E-state index >= 15 is 0 Å². The van der Waals surface area contributed by atoms with E-state index in [2.05, 4.69) is 31.3 Å². The van der Waals surface area contributed by atoms with Crippen molar-refractivity contribution >= 4 is 27.5 Å². The maximum Gasteiger partial charge on any atom is 0.224 e. The van der Waals surface area contributed by atoms with Crippen molar-refractivity contribution in [1.82, 2.24) is 14.8 Å². The van der Waals surface area contributed by atoms with Crippen molar-refractivity contribution in [3.63, 3.8) is 0 Å². The van der Waals surface area contributed by atoms with Crippen LogP contribution in [0, 0.1) is 0 Å². The van der Waals surface area contributed by atoms with E-state index in [1.54, 1.807) is 24.2 Å². The lowest BCUT2D eigenvalue weighted by Gasteiger charge is -2.10. The second kappa shape index (κ2) is 7.04. The van der Waals surface area contributed by atoms with Crippen LogP contribution in [0.4, 0.5) is 5.69 Å². The summed E-state index contributed by atoms with van der Waals surface area (Å²) in [6.45, 7) is 0.670. The molecule has 0 bridgehead atoms. The molecule has 0 spiro atoms. The SMILES string of the molecule is COc1ccc(Br)cc1NC(=O)CCCn1cncn1. The predicted molar refractivity (Wildman–Crippen MR) is 78.6 cm³/mol. The standard InChI is InChI=1S/C13H15BrN4O2/c1-20-12-5-4-10(14)7-11(12)17-13(19)3-2-6-18-9-15-8-16-18/h4-5,7-9H,2-3,6H2,1H3,(H,17,19). The Morgan fingerprint density at radius 1 is 1.50 bits per heavy atom. The molecule has 20 heavy (non-hydrogen) atoms. The summed E-state index contributed by atoms with van der Waals surface area (Å²) in [7, 11) is 1.57. The van der Waals surface area contributed by atoms with E-state index in [-0.39, 0.29) is 5.91 Å². The van der Waals surface area contributed by atoms with Crippen LogP contribution in [0.2, 0.25) is 0 Å². The quantitative estimate of drug-likeness (QED) is 0.878. The molecule has 1 aromatic carbocycles. The van der Waals surface area contributed by atoms with Crippen molar-refractivity contribution in [3.8, 4) is 5.75 Å². The van der Waals surface area contributed by atoms with E-state index in [4.69, 9.17) is 4.74 Å². The fourth-order valence-corrected chi connectivity index (χ4v) is 2.10. The van der Waals surface area contributed by atoms with E-state index < -0.39 is 0 Å². The monoisotopic (exact) mass is 338 g/mol. The molecule has 0 fully saturated rings. The Bertz CT molecular complexity index is 572. The first-order valence-corrected chi connectivity index (χ1v) is 6.94. The van der Waals surface area contributed by atoms with E-state index in [0.29, 0.717) is 30.8 Å². The molecular weight excluding hydrogens is 324 g/mol. The summed E-state index contributed by atoms with van der Waals surface area (Å²) in [5.74, 6) is 0.583. The summed E-state index contributed by atoms with van der Waals surface area (Å²) in [5.41, 5.74) is 0.660. The van der Waals surface area contributed by atoms with Gasteiger partial charge >= 0.3 is 0 Å². The molecular formula is C13H15BrN4O2. The Balaban J connectivity index is 1.86. The van der Waals surface area contributed by atoms with Gasteiger partial charge < -0.3 is 10.1 Å². The topological polar surface area (TPSA) is 69.0 Å². The van der Waals surface area contributed by atoms with Crippen LogP contribution >= 0.6 is 15.9 Å². The molecule has 0 saturated carbocycles. The maximum absolute atomic E-state index is 11.9. The van der Waals surface area contributed by atoms with E-state index in [0.717, 1.165) is 4.47 Å². The number of nitrogens with one attached hydrogen (secondary N) is 1. The molecule has 7 heteroatoms. The first-order chi connectivity index (χ1) is 9.69. The van der Waals surface area contributed by atoms with Gasteiger partial charge in [0.15, 0.2) is 0 Å². The number of ether oxygens (including phenoxy) is 1. The number of aryl methyl sites for hydroxylation is 1. The van der Waals surface area contributed by atoms with Gasteiger partial charge in [-0.3, -0.25) is 9.48 Å². The maximum atomic E-state index is 11.9. The van der Waals surface area contributed by atoms with Crippen molar-refractivity contribution in [2.75, 3.05) is 12.4 Å². The molecule has 1 amide bonds. The van der Waals surface area contributed by atoms with Gasteiger partial charge in [-0.1, -0.05) is 15.9 Å². The molecule has 1 heterocycles. The number of hydrogen-bond donors (Lipinski definition) is 1. The number of rotatable bonds is 6. The molecule has 0 aliphatic carbocycles. The number of carbonyl (C=O) groups excluding carboxylic acids is 1. The molecule has 6 nitrogen and oxygen atoms in total. The number of carbonyl (C=O) groups is 1. The summed E-state index contributed by atoms with van der Waals surface area (Å²) >= 11 is 3.37. The lowest BCUT2D eigenvalue weighted by molar-refractivity contribution is -0.116. The van der Waals surface area contributed by atoms with E-state index in [1.807, 2.05) is 12.1 Å². The second-order valence-corrected chi connectivity index (χ2v) is 5.07. The summed E-state index contributed by atoms with van der Waals surface area (Å²) in [6.07, 6.45) is 4.22. The third kappa shape index (κ3) is 4.06. The molecule has 1 aromatic heterocycles. The van der Waals surface area contributed by atoms with Gasteiger partial charge in [-0.2, -0.15) is 5.10 Å². The second-order valence-electron chi connectivity index (χ2n) is 4.15. The Labute approximate surface area is 125 Å². The highest BCUT2D eigenvalue weighted by molar-refractivity contribution is 9.10. The Kier molecular flexibility index (Phi) is 5.11. The first-order valence-electron chi connectivity index (χ1n) is 6.15. The number of benzene rings is 1. The van der Waals surface area contributed by atoms with Crippen LogP contribution in [0.1, 0.15) is 12.8 Å². The molecule has 2 aromatic rings. The zero-order valence-corrected chi connectivity index (χ0v) is 12.6. The number of amides is 1. The molecule has 0 radical (unpaired) electrons. The van der Waals surface area contributed by atoms with Gasteiger partial charge in [0.05, 0.1) is 12.8 Å². The minimum Gasteiger partial charge on any atom is -0.495 e. The normalized spacial score (nSPS) is 10.3. The number of nitrogens with zero attached hydrogens (tertiary/aromatic N) is 3. The van der Waals surface area contributed by atoms with Crippen LogP contribution < -0.4 is 10.1 Å². The van der Waals surface area contributed by atoms with Crippen LogP contribution in [0.15, 0.2) is 35.3 Å². The molecule has 0 aliphatic heterocycles. The van der Waals surface area contributed by atoms with Crippen LogP contribution in [0.3, 0.4) is 0 Å². The fraction of sp³-hybridized carbons (Fsp3) is 0.308. The van der Waals surface area contributed by atoms with Gasteiger partial charge in [0.1, 0.15) is 18.4 Å². The van der Waals surface area contributed by atoms with Gasteiger partial charge in [0, 0.05) is 17.4 Å². The third-order valence-corrected chi connectivity index (χ3v) is 3.19. The molecule has 0 unspecified atom stereocenters. The molecule has 0 aliphatic rings. The smallest absolute Gasteiger partial charge is 0.224 e. The Morgan fingerprint density at radius 3 is 3.05 bits per heavy atom. The summed E-state index contributed by atoms with van der Waals surface area (Å²) < 4.78 is 7.79. The number of aromatic nitrogens is 3. The van der Waals surface area contributed by atoms with E-state index in [1.165, 1.54) is 6.33 Å². The molecule has 1 N–H and O–H groups in total. The van der Waals surface area contributed by atoms with Gasteiger partial charge in [-0.25, -0.2) is 4.98 Å². The molecule has 106 valence electrons. The Hall–Kier alpha value is -1.89. The average Bonchev–Trinajstić information content (AvgIpc) is 2.92. The molecule has 0 saturated heterocycles. The lowest BCUT2D eigenvalue weighted by atomic mass is 10.2. The first kappa shape index (κ1) is 14.5. The minimum atomic E-state index is -0.0542. The van der Waals surface area contributed by atoms with Crippen molar-refractivity contribution in [1.29, 1.82) is 0 Å². The largest absolute Gasteiger partial charge is 0.495 e. The molecule has 0 atom stereocenters. The average molecular weight is 339 g/mol. The molecule has 2 rings (SSSR count). The highest BCUT2D eigenvalue weighted by Gasteiger charge is 2.08. The van der Waals surface area contributed by atoms with Gasteiger partial charge in [-0.05, 0) is 24.6 Å². The number of hydrogen-bond acceptors (Lipinski definition) is 4. The zero-order valence-electron chi connectivity index (χ0n) is 11.0. The zero-order chi connectivity index (χ0) is 14.4. The van der Waals surface area contributed by atoms with E-state index in [9.17, 15) is 4.79 Å². The minimum absolute atomic E-state index is 0.0542. The number of halogens is 1. The summed E-state index contributed by atoms with van der Waals surface area (Å²) in [6, 6.07) is 5.47. The van der Waals surface area contributed by atoms with Gasteiger partial charge in [0.2, 0.25) is 5.91 Å². The van der Waals surface area contributed by atoms with Crippen molar-refractivity contribution in [2.24, 2.45) is 0 Å². The lowest BCUT2D eigenvalue weighted by Crippen LogP contribution is -2.13. The van der Waals surface area contributed by atoms with Crippen LogP contribution in [-0.4, -0.2) is 27.8 Å². The van der Waals surface area contributed by atoms with Crippen molar-refractivity contribution < 1.29 is 9.53 Å². The van der Waals surface area contributed by atoms with Crippen LogP contribution in [0.25, 0.3) is 0 Å². The number of anilines is 1. The van der Waals surface area contributed by atoms with Crippen molar-refractivity contribution in [3.05, 3.63) is 35.3 Å². The van der Waals surface area contributed by atoms with Gasteiger partial charge in [0.25, 0.3) is 0 Å². The predicted octanol–water partition coefficient (Wildman–Crippen LogP) is 2.47. The summed E-state index contributed by atoms with van der Waals surface area (Å²) in [4.78, 5) is 15.7. The van der Waals surface area contributed by atoms with Gasteiger partial charge in [-0.15, -0.1) is 0 Å². The highest BCUT2D eigenvalue weighted by atomic mass is 79.9. The third-order valence-electron chi connectivity index (χ3n) is 2.69. The number of methoxy groups -OCH3 is 1. The Morgan fingerprint density at radius 2 is 2.35 bits per heavy atom.